The summed E-state index contributed by atoms with van der Waals surface area (Å²) >= 11 is 7.43. The summed E-state index contributed by atoms with van der Waals surface area (Å²) in [5, 5.41) is 14.4. The van der Waals surface area contributed by atoms with E-state index in [1.54, 1.807) is 20.3 Å². The van der Waals surface area contributed by atoms with Gasteiger partial charge in [0.25, 0.3) is 5.91 Å². The number of nitrogens with one attached hydrogen (secondary N) is 1. The van der Waals surface area contributed by atoms with Crippen LogP contribution in [0.2, 0.25) is 5.02 Å². The van der Waals surface area contributed by atoms with E-state index in [0.29, 0.717) is 28.1 Å². The Labute approximate surface area is 214 Å². The van der Waals surface area contributed by atoms with Crippen molar-refractivity contribution in [1.82, 2.24) is 20.2 Å². The van der Waals surface area contributed by atoms with Crippen LogP contribution in [0, 0.1) is 0 Å². The molecular weight excluding hydrogens is 486 g/mol. The average molecular weight is 514 g/mol. The fourth-order valence-corrected chi connectivity index (χ4v) is 5.11. The van der Waals surface area contributed by atoms with E-state index in [1.165, 1.54) is 37.2 Å². The van der Waals surface area contributed by atoms with Crippen molar-refractivity contribution in [3.8, 4) is 22.9 Å². The molecule has 0 unspecified atom stereocenters. The highest BCUT2D eigenvalue weighted by Crippen LogP contribution is 2.36. The number of amides is 1. The third-order valence-electron chi connectivity index (χ3n) is 5.87. The molecule has 184 valence electrons. The van der Waals surface area contributed by atoms with Crippen molar-refractivity contribution < 1.29 is 14.3 Å². The Balaban J connectivity index is 1.45. The molecular formula is C25H28ClN5O3S. The standard InChI is InChI=1S/C25H28ClN5O3S/c1-33-21-10-6-7-18(23(21)34-2)15-27-28-22(32)16-35-25-30-29-24(17-11-13-19(26)14-12-17)31(25)20-8-4-3-5-9-20/h6-7,10-15,20H,3-5,8-9,16H2,1-2H3,(H,28,32). The van der Waals surface area contributed by atoms with Crippen LogP contribution in [0.5, 0.6) is 11.5 Å². The van der Waals surface area contributed by atoms with Gasteiger partial charge in [0.15, 0.2) is 22.5 Å². The first-order valence-electron chi connectivity index (χ1n) is 11.5. The van der Waals surface area contributed by atoms with E-state index < -0.39 is 0 Å². The fraction of sp³-hybridized carbons (Fsp3) is 0.360. The molecule has 1 aliphatic rings. The molecule has 1 fully saturated rings. The van der Waals surface area contributed by atoms with Crippen LogP contribution in [0.15, 0.2) is 52.7 Å². The number of nitrogens with zero attached hydrogens (tertiary/aromatic N) is 4. The largest absolute Gasteiger partial charge is 0.493 e. The first kappa shape index (κ1) is 25.1. The maximum Gasteiger partial charge on any atom is 0.250 e. The summed E-state index contributed by atoms with van der Waals surface area (Å²) < 4.78 is 12.9. The Hall–Kier alpha value is -3.04. The van der Waals surface area contributed by atoms with Gasteiger partial charge in [-0.2, -0.15) is 5.10 Å². The van der Waals surface area contributed by atoms with E-state index in [-0.39, 0.29) is 11.7 Å². The van der Waals surface area contributed by atoms with Crippen LogP contribution in [0.4, 0.5) is 0 Å². The number of para-hydroxylation sites is 1. The third-order valence-corrected chi connectivity index (χ3v) is 7.06. The Morgan fingerprint density at radius 3 is 2.63 bits per heavy atom. The lowest BCUT2D eigenvalue weighted by Gasteiger charge is -2.25. The number of hydrogen-bond acceptors (Lipinski definition) is 7. The normalized spacial score (nSPS) is 14.3. The lowest BCUT2D eigenvalue weighted by atomic mass is 9.95. The Morgan fingerprint density at radius 2 is 1.91 bits per heavy atom. The van der Waals surface area contributed by atoms with Gasteiger partial charge in [-0.25, -0.2) is 5.43 Å². The number of benzene rings is 2. The van der Waals surface area contributed by atoms with E-state index in [9.17, 15) is 4.79 Å². The summed E-state index contributed by atoms with van der Waals surface area (Å²) in [6.45, 7) is 0. The minimum Gasteiger partial charge on any atom is -0.493 e. The predicted molar refractivity (Wildman–Crippen MR) is 139 cm³/mol. The van der Waals surface area contributed by atoms with Crippen LogP contribution < -0.4 is 14.9 Å². The number of ether oxygens (including phenoxy) is 2. The zero-order chi connectivity index (χ0) is 24.6. The Morgan fingerprint density at radius 1 is 1.14 bits per heavy atom. The molecule has 1 aliphatic carbocycles. The van der Waals surface area contributed by atoms with Gasteiger partial charge in [-0.05, 0) is 49.2 Å². The van der Waals surface area contributed by atoms with Crippen LogP contribution in [-0.2, 0) is 4.79 Å². The molecule has 0 spiro atoms. The second kappa shape index (κ2) is 12.1. The molecule has 1 amide bonds. The summed E-state index contributed by atoms with van der Waals surface area (Å²) in [7, 11) is 3.13. The molecule has 1 aromatic heterocycles. The second-order valence-corrected chi connectivity index (χ2v) is 9.52. The minimum absolute atomic E-state index is 0.165. The number of carbonyl (C=O) groups excluding carboxylic acids is 1. The predicted octanol–water partition coefficient (Wildman–Crippen LogP) is 5.36. The van der Waals surface area contributed by atoms with Crippen LogP contribution in [0.25, 0.3) is 11.4 Å². The van der Waals surface area contributed by atoms with E-state index in [2.05, 4.69) is 25.3 Å². The molecule has 4 rings (SSSR count). The summed E-state index contributed by atoms with van der Waals surface area (Å²) in [6.07, 6.45) is 7.28. The van der Waals surface area contributed by atoms with Crippen molar-refractivity contribution in [2.24, 2.45) is 5.10 Å². The third kappa shape index (κ3) is 6.15. The highest BCUT2D eigenvalue weighted by atomic mass is 35.5. The van der Waals surface area contributed by atoms with Crippen molar-refractivity contribution >= 4 is 35.5 Å². The lowest BCUT2D eigenvalue weighted by molar-refractivity contribution is -0.118. The summed E-state index contributed by atoms with van der Waals surface area (Å²) in [5.74, 6) is 1.88. The van der Waals surface area contributed by atoms with Gasteiger partial charge in [-0.1, -0.05) is 48.7 Å². The van der Waals surface area contributed by atoms with Crippen molar-refractivity contribution in [3.05, 3.63) is 53.1 Å². The smallest absolute Gasteiger partial charge is 0.250 e. The molecule has 10 heteroatoms. The number of carbonyl (C=O) groups is 1. The number of aromatic nitrogens is 3. The number of thioether (sulfide) groups is 1. The number of methoxy groups -OCH3 is 2. The molecule has 3 aromatic rings. The van der Waals surface area contributed by atoms with Gasteiger partial charge in [0.1, 0.15) is 0 Å². The van der Waals surface area contributed by atoms with Gasteiger partial charge >= 0.3 is 0 Å². The van der Waals surface area contributed by atoms with Gasteiger partial charge in [0.05, 0.1) is 26.2 Å². The van der Waals surface area contributed by atoms with E-state index in [4.69, 9.17) is 21.1 Å². The molecule has 1 N–H and O–H groups in total. The average Bonchev–Trinajstić information content (AvgIpc) is 3.32. The number of halogens is 1. The molecule has 0 bridgehead atoms. The molecule has 35 heavy (non-hydrogen) atoms. The number of hydrogen-bond donors (Lipinski definition) is 1. The highest BCUT2D eigenvalue weighted by molar-refractivity contribution is 7.99. The maximum atomic E-state index is 12.5. The molecule has 0 radical (unpaired) electrons. The summed E-state index contributed by atoms with van der Waals surface area (Å²) in [4.78, 5) is 12.5. The van der Waals surface area contributed by atoms with Crippen molar-refractivity contribution in [3.63, 3.8) is 0 Å². The molecule has 2 aromatic carbocycles. The van der Waals surface area contributed by atoms with Crippen molar-refractivity contribution in [2.45, 2.75) is 43.3 Å². The minimum atomic E-state index is -0.237. The number of rotatable bonds is 9. The van der Waals surface area contributed by atoms with Gasteiger partial charge in [-0.15, -0.1) is 10.2 Å². The van der Waals surface area contributed by atoms with Crippen LogP contribution in [0.3, 0.4) is 0 Å². The van der Waals surface area contributed by atoms with Gasteiger partial charge in [0, 0.05) is 22.2 Å². The first-order chi connectivity index (χ1) is 17.1. The molecule has 0 aliphatic heterocycles. The van der Waals surface area contributed by atoms with E-state index in [1.807, 2.05) is 36.4 Å². The monoisotopic (exact) mass is 513 g/mol. The van der Waals surface area contributed by atoms with Gasteiger partial charge in [-0.3, -0.25) is 9.36 Å². The van der Waals surface area contributed by atoms with E-state index >= 15 is 0 Å². The van der Waals surface area contributed by atoms with Crippen molar-refractivity contribution in [1.29, 1.82) is 0 Å². The van der Waals surface area contributed by atoms with Gasteiger partial charge < -0.3 is 9.47 Å². The number of hydrazone groups is 1. The topological polar surface area (TPSA) is 90.6 Å². The zero-order valence-electron chi connectivity index (χ0n) is 19.7. The quantitative estimate of drug-likeness (QED) is 0.235. The molecule has 0 atom stereocenters. The first-order valence-corrected chi connectivity index (χ1v) is 12.8. The summed E-state index contributed by atoms with van der Waals surface area (Å²) in [6, 6.07) is 13.4. The second-order valence-electron chi connectivity index (χ2n) is 8.14. The fourth-order valence-electron chi connectivity index (χ4n) is 4.19. The Kier molecular flexibility index (Phi) is 8.65. The summed E-state index contributed by atoms with van der Waals surface area (Å²) in [5.41, 5.74) is 4.23. The molecule has 0 saturated heterocycles. The van der Waals surface area contributed by atoms with Crippen LogP contribution in [-0.4, -0.2) is 46.9 Å². The van der Waals surface area contributed by atoms with E-state index in [0.717, 1.165) is 29.4 Å². The molecule has 1 saturated carbocycles. The molecule has 1 heterocycles. The lowest BCUT2D eigenvalue weighted by Crippen LogP contribution is -2.20. The van der Waals surface area contributed by atoms with Gasteiger partial charge in [0.2, 0.25) is 0 Å². The Bertz CT molecular complexity index is 1180. The maximum absolute atomic E-state index is 12.5. The highest BCUT2D eigenvalue weighted by Gasteiger charge is 2.24. The SMILES string of the molecule is COc1cccc(C=NNC(=O)CSc2nnc(-c3ccc(Cl)cc3)n2C2CCCCC2)c1OC. The zero-order valence-corrected chi connectivity index (χ0v) is 21.3. The molecule has 8 nitrogen and oxygen atoms in total. The van der Waals surface area contributed by atoms with Crippen LogP contribution >= 0.6 is 23.4 Å². The van der Waals surface area contributed by atoms with Crippen molar-refractivity contribution in [2.75, 3.05) is 20.0 Å². The van der Waals surface area contributed by atoms with Crippen LogP contribution in [0.1, 0.15) is 43.7 Å².